The molecule has 4 rings (SSSR count). The standard InChI is InChI=1S/C19H22IN5O5/c20-19-23-16(22-11(7-26)6-10-4-2-1-3-5-10)13-17(24-19)25(9-21-13)18-15(29)14(28)12(8-27)30-18/h1-5,9,11-12,14-15,18,26-29H,6-8H2,(H,22,23,24)/t11-,12-,14-,15-,18?/m1/s1. The highest BCUT2D eigenvalue weighted by Crippen LogP contribution is 2.32. The number of hydrogen-bond donors (Lipinski definition) is 5. The molecule has 5 atom stereocenters. The van der Waals surface area contributed by atoms with Crippen LogP contribution < -0.4 is 5.32 Å². The summed E-state index contributed by atoms with van der Waals surface area (Å²) in [5, 5.41) is 42.8. The van der Waals surface area contributed by atoms with Crippen LogP contribution in [0, 0.1) is 3.83 Å². The number of aromatic nitrogens is 4. The van der Waals surface area contributed by atoms with Gasteiger partial charge in [-0.2, -0.15) is 0 Å². The molecule has 0 bridgehead atoms. The van der Waals surface area contributed by atoms with Crippen LogP contribution in [0.1, 0.15) is 11.8 Å². The third kappa shape index (κ3) is 4.13. The number of hydrogen-bond acceptors (Lipinski definition) is 9. The minimum absolute atomic E-state index is 0.105. The number of fused-ring (bicyclic) bond motifs is 1. The molecule has 10 nitrogen and oxygen atoms in total. The van der Waals surface area contributed by atoms with Crippen molar-refractivity contribution in [3.8, 4) is 0 Å². The fourth-order valence-electron chi connectivity index (χ4n) is 3.54. The maximum absolute atomic E-state index is 10.3. The highest BCUT2D eigenvalue weighted by atomic mass is 127. The molecule has 2 aromatic heterocycles. The summed E-state index contributed by atoms with van der Waals surface area (Å²) in [6.07, 6.45) is -2.27. The van der Waals surface area contributed by atoms with E-state index in [1.54, 1.807) is 0 Å². The van der Waals surface area contributed by atoms with E-state index < -0.39 is 31.1 Å². The van der Waals surface area contributed by atoms with Gasteiger partial charge in [0.1, 0.15) is 18.3 Å². The van der Waals surface area contributed by atoms with Crippen molar-refractivity contribution in [3.05, 3.63) is 46.1 Å². The quantitative estimate of drug-likeness (QED) is 0.213. The van der Waals surface area contributed by atoms with Gasteiger partial charge in [0.05, 0.1) is 25.6 Å². The van der Waals surface area contributed by atoms with Gasteiger partial charge in [-0.15, -0.1) is 0 Å². The summed E-state index contributed by atoms with van der Waals surface area (Å²) < 4.78 is 7.55. The Morgan fingerprint density at radius 1 is 1.13 bits per heavy atom. The second-order valence-electron chi connectivity index (χ2n) is 7.11. The van der Waals surface area contributed by atoms with Crippen LogP contribution in [0.25, 0.3) is 11.2 Å². The fraction of sp³-hybridized carbons (Fsp3) is 0.421. The molecule has 1 aliphatic heterocycles. The number of rotatable bonds is 7. The predicted octanol–water partition coefficient (Wildman–Crippen LogP) is 0.0579. The lowest BCUT2D eigenvalue weighted by Gasteiger charge is -2.18. The molecule has 1 aromatic carbocycles. The minimum atomic E-state index is -1.24. The van der Waals surface area contributed by atoms with E-state index in [9.17, 15) is 20.4 Å². The van der Waals surface area contributed by atoms with E-state index >= 15 is 0 Å². The van der Waals surface area contributed by atoms with Gasteiger partial charge in [-0.3, -0.25) is 4.57 Å². The normalized spacial score (nSPS) is 25.0. The first-order valence-corrected chi connectivity index (χ1v) is 10.5. The van der Waals surface area contributed by atoms with Gasteiger partial charge < -0.3 is 30.5 Å². The number of halogens is 1. The number of nitrogens with one attached hydrogen (secondary N) is 1. The molecule has 3 heterocycles. The molecule has 3 aromatic rings. The Kier molecular flexibility index (Phi) is 6.46. The summed E-state index contributed by atoms with van der Waals surface area (Å²) in [5.41, 5.74) is 1.92. The molecule has 30 heavy (non-hydrogen) atoms. The lowest BCUT2D eigenvalue weighted by molar-refractivity contribution is -0.0511. The molecule has 1 fully saturated rings. The SMILES string of the molecule is OC[C@@H](Cc1ccccc1)Nc1nc(I)nc2c1ncn2C1O[C@H](CO)[C@@H](O)[C@H]1O. The number of ether oxygens (including phenoxy) is 1. The van der Waals surface area contributed by atoms with Gasteiger partial charge in [-0.25, -0.2) is 15.0 Å². The summed E-state index contributed by atoms with van der Waals surface area (Å²) in [6, 6.07) is 9.50. The topological polar surface area (TPSA) is 146 Å². The number of nitrogens with zero attached hydrogens (tertiary/aromatic N) is 4. The van der Waals surface area contributed by atoms with Crippen molar-refractivity contribution in [1.82, 2.24) is 19.5 Å². The van der Waals surface area contributed by atoms with Crippen LogP contribution in [0.5, 0.6) is 0 Å². The zero-order valence-corrected chi connectivity index (χ0v) is 18.0. The number of aliphatic hydroxyl groups is 4. The third-order valence-electron chi connectivity index (χ3n) is 5.07. The Morgan fingerprint density at radius 2 is 1.90 bits per heavy atom. The Bertz CT molecular complexity index is 1000. The third-order valence-corrected chi connectivity index (χ3v) is 5.55. The summed E-state index contributed by atoms with van der Waals surface area (Å²) in [7, 11) is 0. The first-order chi connectivity index (χ1) is 14.5. The highest BCUT2D eigenvalue weighted by molar-refractivity contribution is 14.1. The van der Waals surface area contributed by atoms with E-state index in [0.29, 0.717) is 27.2 Å². The first kappa shape index (κ1) is 21.3. The van der Waals surface area contributed by atoms with Crippen LogP contribution >= 0.6 is 22.6 Å². The Morgan fingerprint density at radius 3 is 2.57 bits per heavy atom. The maximum atomic E-state index is 10.3. The number of benzene rings is 1. The average molecular weight is 527 g/mol. The molecule has 11 heteroatoms. The maximum Gasteiger partial charge on any atom is 0.194 e. The largest absolute Gasteiger partial charge is 0.394 e. The van der Waals surface area contributed by atoms with Crippen molar-refractivity contribution in [2.75, 3.05) is 18.5 Å². The van der Waals surface area contributed by atoms with Crippen molar-refractivity contribution >= 4 is 39.6 Å². The molecule has 1 aliphatic rings. The molecule has 1 unspecified atom stereocenters. The number of aliphatic hydroxyl groups excluding tert-OH is 4. The van der Waals surface area contributed by atoms with Gasteiger partial charge in [0.15, 0.2) is 27.0 Å². The monoisotopic (exact) mass is 527 g/mol. The lowest BCUT2D eigenvalue weighted by Crippen LogP contribution is -2.33. The minimum Gasteiger partial charge on any atom is -0.394 e. The van der Waals surface area contributed by atoms with E-state index in [2.05, 4.69) is 20.3 Å². The van der Waals surface area contributed by atoms with Crippen molar-refractivity contribution in [3.63, 3.8) is 0 Å². The van der Waals surface area contributed by atoms with Gasteiger partial charge in [0, 0.05) is 22.6 Å². The molecule has 5 N–H and O–H groups in total. The van der Waals surface area contributed by atoms with Crippen molar-refractivity contribution in [1.29, 1.82) is 0 Å². The van der Waals surface area contributed by atoms with Gasteiger partial charge in [-0.05, 0) is 12.0 Å². The Labute approximate surface area is 185 Å². The summed E-state index contributed by atoms with van der Waals surface area (Å²) in [6.45, 7) is -0.523. The molecule has 160 valence electrons. The smallest absolute Gasteiger partial charge is 0.194 e. The highest BCUT2D eigenvalue weighted by Gasteiger charge is 2.44. The molecule has 0 aliphatic carbocycles. The molecular weight excluding hydrogens is 505 g/mol. The van der Waals surface area contributed by atoms with E-state index in [-0.39, 0.29) is 12.6 Å². The second kappa shape index (κ2) is 9.08. The van der Waals surface area contributed by atoms with Gasteiger partial charge in [-0.1, -0.05) is 30.3 Å². The summed E-state index contributed by atoms with van der Waals surface area (Å²) in [5.74, 6) is 0.449. The van der Waals surface area contributed by atoms with Crippen LogP contribution in [0.4, 0.5) is 5.82 Å². The van der Waals surface area contributed by atoms with E-state index in [1.807, 2.05) is 52.9 Å². The summed E-state index contributed by atoms with van der Waals surface area (Å²) >= 11 is 1.98. The van der Waals surface area contributed by atoms with Crippen LogP contribution in [-0.2, 0) is 11.2 Å². The van der Waals surface area contributed by atoms with Crippen LogP contribution in [-0.4, -0.2) is 77.5 Å². The zero-order valence-electron chi connectivity index (χ0n) is 15.8. The van der Waals surface area contributed by atoms with Crippen molar-refractivity contribution < 1.29 is 25.2 Å². The van der Waals surface area contributed by atoms with E-state index in [1.165, 1.54) is 10.9 Å². The number of imidazole rings is 1. The van der Waals surface area contributed by atoms with E-state index in [4.69, 9.17) is 4.74 Å². The van der Waals surface area contributed by atoms with Crippen LogP contribution in [0.15, 0.2) is 36.7 Å². The second-order valence-corrected chi connectivity index (χ2v) is 8.07. The van der Waals surface area contributed by atoms with E-state index in [0.717, 1.165) is 5.56 Å². The Balaban J connectivity index is 1.64. The number of anilines is 1. The summed E-state index contributed by atoms with van der Waals surface area (Å²) in [4.78, 5) is 13.2. The van der Waals surface area contributed by atoms with Crippen LogP contribution in [0.2, 0.25) is 0 Å². The van der Waals surface area contributed by atoms with Crippen molar-refractivity contribution in [2.24, 2.45) is 0 Å². The Hall–Kier alpha value is -1.90. The van der Waals surface area contributed by atoms with Crippen molar-refractivity contribution in [2.45, 2.75) is 37.0 Å². The average Bonchev–Trinajstić information content (AvgIpc) is 3.29. The molecule has 0 radical (unpaired) electrons. The van der Waals surface area contributed by atoms with Gasteiger partial charge in [0.25, 0.3) is 0 Å². The zero-order chi connectivity index (χ0) is 21.3. The predicted molar refractivity (Wildman–Crippen MR) is 116 cm³/mol. The fourth-order valence-corrected chi connectivity index (χ4v) is 4.01. The van der Waals surface area contributed by atoms with Gasteiger partial charge in [0.2, 0.25) is 0 Å². The first-order valence-electron chi connectivity index (χ1n) is 9.45. The molecule has 0 spiro atoms. The molecular formula is C19H22IN5O5. The van der Waals surface area contributed by atoms with Gasteiger partial charge >= 0.3 is 0 Å². The van der Waals surface area contributed by atoms with Crippen LogP contribution in [0.3, 0.4) is 0 Å². The molecule has 0 amide bonds. The molecule has 1 saturated heterocycles. The molecule has 0 saturated carbocycles. The lowest BCUT2D eigenvalue weighted by atomic mass is 10.1.